The van der Waals surface area contributed by atoms with Gasteiger partial charge in [-0.05, 0) is 39.5 Å². The number of carbonyl (C=O) groups is 1. The zero-order chi connectivity index (χ0) is 10.9. The van der Waals surface area contributed by atoms with Crippen molar-refractivity contribution in [3.8, 4) is 6.07 Å². The molecule has 1 fully saturated rings. The molecule has 1 amide bonds. The normalized spacial score (nSPS) is 18.5. The number of rotatable bonds is 3. The first kappa shape index (κ1) is 11.0. The van der Waals surface area contributed by atoms with Gasteiger partial charge in [0.15, 0.2) is 0 Å². The highest BCUT2D eigenvalue weighted by molar-refractivity contribution is 5.84. The van der Waals surface area contributed by atoms with Gasteiger partial charge < -0.3 is 4.90 Å². The molecule has 0 aliphatic heterocycles. The first-order chi connectivity index (χ1) is 6.40. The van der Waals surface area contributed by atoms with Crippen LogP contribution in [0.25, 0.3) is 0 Å². The van der Waals surface area contributed by atoms with Crippen molar-refractivity contribution in [1.29, 1.82) is 5.26 Å². The highest BCUT2D eigenvalue weighted by atomic mass is 16.2. The maximum atomic E-state index is 11.9. The summed E-state index contributed by atoms with van der Waals surface area (Å²) in [4.78, 5) is 13.6. The second-order valence-corrected chi connectivity index (χ2v) is 4.73. The fraction of sp³-hybridized carbons (Fsp3) is 0.818. The molecule has 3 nitrogen and oxygen atoms in total. The zero-order valence-corrected chi connectivity index (χ0v) is 9.37. The van der Waals surface area contributed by atoms with Crippen molar-refractivity contribution in [1.82, 2.24) is 4.90 Å². The monoisotopic (exact) mass is 194 g/mol. The lowest BCUT2D eigenvalue weighted by Crippen LogP contribution is -2.43. The largest absolute Gasteiger partial charge is 0.341 e. The number of amides is 1. The summed E-state index contributed by atoms with van der Waals surface area (Å²) in [5.41, 5.74) is -0.891. The second-order valence-electron chi connectivity index (χ2n) is 4.73. The minimum atomic E-state index is -0.891. The summed E-state index contributed by atoms with van der Waals surface area (Å²) < 4.78 is 0. The van der Waals surface area contributed by atoms with Gasteiger partial charge in [-0.2, -0.15) is 5.26 Å². The predicted octanol–water partition coefficient (Wildman–Crippen LogP) is 1.79. The van der Waals surface area contributed by atoms with Crippen molar-refractivity contribution >= 4 is 5.91 Å². The predicted molar refractivity (Wildman–Crippen MR) is 54.4 cm³/mol. The van der Waals surface area contributed by atoms with Gasteiger partial charge in [0, 0.05) is 13.1 Å². The quantitative estimate of drug-likeness (QED) is 0.687. The van der Waals surface area contributed by atoms with Gasteiger partial charge in [-0.1, -0.05) is 0 Å². The van der Waals surface area contributed by atoms with Gasteiger partial charge in [0.1, 0.15) is 5.41 Å². The van der Waals surface area contributed by atoms with Crippen LogP contribution in [-0.2, 0) is 4.79 Å². The Morgan fingerprint density at radius 1 is 1.57 bits per heavy atom. The molecule has 0 aromatic heterocycles. The Hall–Kier alpha value is -1.04. The molecule has 3 heteroatoms. The summed E-state index contributed by atoms with van der Waals surface area (Å²) >= 11 is 0. The van der Waals surface area contributed by atoms with E-state index < -0.39 is 5.41 Å². The van der Waals surface area contributed by atoms with Crippen molar-refractivity contribution in [2.24, 2.45) is 11.3 Å². The van der Waals surface area contributed by atoms with E-state index in [0.717, 1.165) is 0 Å². The molecule has 1 atom stereocenters. The minimum absolute atomic E-state index is 0.0700. The Morgan fingerprint density at radius 2 is 2.07 bits per heavy atom. The van der Waals surface area contributed by atoms with Gasteiger partial charge in [0.25, 0.3) is 0 Å². The fourth-order valence-electron chi connectivity index (χ4n) is 1.57. The highest BCUT2D eigenvalue weighted by Crippen LogP contribution is 2.35. The van der Waals surface area contributed by atoms with Gasteiger partial charge in [-0.3, -0.25) is 4.79 Å². The third-order valence-electron chi connectivity index (χ3n) is 3.05. The lowest BCUT2D eigenvalue weighted by atomic mass is 9.93. The molecule has 0 spiro atoms. The van der Waals surface area contributed by atoms with E-state index in [1.165, 1.54) is 12.8 Å². The highest BCUT2D eigenvalue weighted by Gasteiger charge is 2.37. The maximum absolute atomic E-state index is 11.9. The molecule has 1 aliphatic carbocycles. The smallest absolute Gasteiger partial charge is 0.242 e. The molecule has 1 rings (SSSR count). The van der Waals surface area contributed by atoms with E-state index in [9.17, 15) is 4.79 Å². The number of nitrogens with zero attached hydrogens (tertiary/aromatic N) is 2. The van der Waals surface area contributed by atoms with Crippen LogP contribution in [0.3, 0.4) is 0 Å². The third kappa shape index (κ3) is 2.06. The molecular formula is C11H18N2O. The summed E-state index contributed by atoms with van der Waals surface area (Å²) in [7, 11) is 1.80. The van der Waals surface area contributed by atoms with Crippen LogP contribution >= 0.6 is 0 Å². The van der Waals surface area contributed by atoms with E-state index in [-0.39, 0.29) is 11.9 Å². The van der Waals surface area contributed by atoms with Crippen LogP contribution in [0.15, 0.2) is 0 Å². The van der Waals surface area contributed by atoms with Gasteiger partial charge >= 0.3 is 0 Å². The molecular weight excluding hydrogens is 176 g/mol. The molecule has 1 saturated carbocycles. The minimum Gasteiger partial charge on any atom is -0.341 e. The van der Waals surface area contributed by atoms with Crippen LogP contribution in [-0.4, -0.2) is 23.9 Å². The number of hydrogen-bond donors (Lipinski definition) is 0. The molecule has 0 bridgehead atoms. The van der Waals surface area contributed by atoms with E-state index >= 15 is 0 Å². The molecule has 0 radical (unpaired) electrons. The van der Waals surface area contributed by atoms with Crippen LogP contribution in [0.2, 0.25) is 0 Å². The number of hydrogen-bond acceptors (Lipinski definition) is 2. The SMILES string of the molecule is CC(C1CC1)N(C)C(=O)C(C)(C)C#N. The first-order valence-corrected chi connectivity index (χ1v) is 5.08. The lowest BCUT2D eigenvalue weighted by Gasteiger charge is -2.29. The Labute approximate surface area is 85.7 Å². The van der Waals surface area contributed by atoms with Crippen molar-refractivity contribution in [2.45, 2.75) is 39.7 Å². The van der Waals surface area contributed by atoms with Crippen molar-refractivity contribution in [2.75, 3.05) is 7.05 Å². The molecule has 1 aliphatic rings. The molecule has 0 heterocycles. The lowest BCUT2D eigenvalue weighted by molar-refractivity contribution is -0.138. The average molecular weight is 194 g/mol. The molecule has 0 saturated heterocycles. The maximum Gasteiger partial charge on any atom is 0.242 e. The van der Waals surface area contributed by atoms with Crippen LogP contribution in [0.1, 0.15) is 33.6 Å². The van der Waals surface area contributed by atoms with E-state index in [4.69, 9.17) is 5.26 Å². The van der Waals surface area contributed by atoms with Gasteiger partial charge in [-0.15, -0.1) is 0 Å². The van der Waals surface area contributed by atoms with E-state index in [1.807, 2.05) is 6.07 Å². The van der Waals surface area contributed by atoms with Crippen molar-refractivity contribution in [3.05, 3.63) is 0 Å². The summed E-state index contributed by atoms with van der Waals surface area (Å²) in [6, 6.07) is 2.32. The van der Waals surface area contributed by atoms with Crippen LogP contribution in [0, 0.1) is 22.7 Å². The Balaban J connectivity index is 2.64. The zero-order valence-electron chi connectivity index (χ0n) is 9.37. The first-order valence-electron chi connectivity index (χ1n) is 5.08. The Kier molecular flexibility index (Phi) is 2.84. The standard InChI is InChI=1S/C11H18N2O/c1-8(9-5-6-9)13(4)10(14)11(2,3)7-12/h8-9H,5-6H2,1-4H3. The summed E-state index contributed by atoms with van der Waals surface area (Å²) in [6.07, 6.45) is 2.43. The molecule has 1 unspecified atom stereocenters. The van der Waals surface area contributed by atoms with Crippen LogP contribution in [0.4, 0.5) is 0 Å². The van der Waals surface area contributed by atoms with E-state index in [1.54, 1.807) is 25.8 Å². The summed E-state index contributed by atoms with van der Waals surface area (Å²) in [5, 5.41) is 8.85. The molecule has 0 aromatic carbocycles. The Bertz CT molecular complexity index is 274. The van der Waals surface area contributed by atoms with Gasteiger partial charge in [0.05, 0.1) is 6.07 Å². The van der Waals surface area contributed by atoms with E-state index in [0.29, 0.717) is 5.92 Å². The molecule has 14 heavy (non-hydrogen) atoms. The summed E-state index contributed by atoms with van der Waals surface area (Å²) in [5.74, 6) is 0.581. The topological polar surface area (TPSA) is 44.1 Å². The van der Waals surface area contributed by atoms with Crippen molar-refractivity contribution < 1.29 is 4.79 Å². The van der Waals surface area contributed by atoms with Gasteiger partial charge in [0.2, 0.25) is 5.91 Å². The van der Waals surface area contributed by atoms with Crippen LogP contribution in [0.5, 0.6) is 0 Å². The van der Waals surface area contributed by atoms with E-state index in [2.05, 4.69) is 6.92 Å². The Morgan fingerprint density at radius 3 is 2.43 bits per heavy atom. The number of nitriles is 1. The summed E-state index contributed by atoms with van der Waals surface area (Å²) in [6.45, 7) is 5.40. The second kappa shape index (κ2) is 3.61. The molecule has 78 valence electrons. The molecule has 0 N–H and O–H groups in total. The third-order valence-corrected chi connectivity index (χ3v) is 3.05. The fourth-order valence-corrected chi connectivity index (χ4v) is 1.57. The van der Waals surface area contributed by atoms with Crippen LogP contribution < -0.4 is 0 Å². The molecule has 0 aromatic rings. The van der Waals surface area contributed by atoms with Gasteiger partial charge in [-0.25, -0.2) is 0 Å². The average Bonchev–Trinajstić information content (AvgIpc) is 2.97. The number of carbonyl (C=O) groups excluding carboxylic acids is 1. The van der Waals surface area contributed by atoms with Crippen molar-refractivity contribution in [3.63, 3.8) is 0 Å².